The average molecular weight is 1030 g/mol. The molecular formula is C68H120O6. The van der Waals surface area contributed by atoms with Gasteiger partial charge in [0.2, 0.25) is 0 Å². The lowest BCUT2D eigenvalue weighted by Gasteiger charge is -2.18. The van der Waals surface area contributed by atoms with Crippen LogP contribution in [-0.2, 0) is 28.6 Å². The maximum atomic E-state index is 12.9. The highest BCUT2D eigenvalue weighted by Crippen LogP contribution is 2.17. The Kier molecular flexibility index (Phi) is 59.7. The Bertz CT molecular complexity index is 1370. The van der Waals surface area contributed by atoms with Crippen molar-refractivity contribution in [2.24, 2.45) is 0 Å². The van der Waals surface area contributed by atoms with Gasteiger partial charge in [-0.15, -0.1) is 0 Å². The van der Waals surface area contributed by atoms with Crippen molar-refractivity contribution in [2.75, 3.05) is 13.2 Å². The summed E-state index contributed by atoms with van der Waals surface area (Å²) in [4.78, 5) is 38.3. The first-order valence-corrected chi connectivity index (χ1v) is 31.9. The molecule has 1 unspecified atom stereocenters. The van der Waals surface area contributed by atoms with E-state index in [4.69, 9.17) is 14.2 Å². The Morgan fingerprint density at radius 1 is 0.284 bits per heavy atom. The molecule has 0 fully saturated rings. The van der Waals surface area contributed by atoms with Crippen molar-refractivity contribution in [2.45, 2.75) is 329 Å². The minimum atomic E-state index is -0.790. The van der Waals surface area contributed by atoms with Gasteiger partial charge in [-0.05, 0) is 89.9 Å². The zero-order valence-corrected chi connectivity index (χ0v) is 49.1. The summed E-state index contributed by atoms with van der Waals surface area (Å²) in [5, 5.41) is 0. The molecule has 0 rings (SSSR count). The molecule has 74 heavy (non-hydrogen) atoms. The number of esters is 3. The van der Waals surface area contributed by atoms with Crippen molar-refractivity contribution in [3.05, 3.63) is 72.9 Å². The van der Waals surface area contributed by atoms with Crippen LogP contribution in [0.4, 0.5) is 0 Å². The molecule has 6 heteroatoms. The highest BCUT2D eigenvalue weighted by molar-refractivity contribution is 5.71. The molecule has 0 aliphatic heterocycles. The van der Waals surface area contributed by atoms with Crippen LogP contribution < -0.4 is 0 Å². The summed E-state index contributed by atoms with van der Waals surface area (Å²) in [7, 11) is 0. The van der Waals surface area contributed by atoms with Gasteiger partial charge in [0.25, 0.3) is 0 Å². The third kappa shape index (κ3) is 59.7. The van der Waals surface area contributed by atoms with Crippen LogP contribution in [0.25, 0.3) is 0 Å². The summed E-state index contributed by atoms with van der Waals surface area (Å²) in [6.45, 7) is 6.52. The van der Waals surface area contributed by atoms with Crippen LogP contribution in [-0.4, -0.2) is 37.2 Å². The number of ether oxygens (including phenoxy) is 3. The molecule has 0 spiro atoms. The fourth-order valence-electron chi connectivity index (χ4n) is 9.17. The van der Waals surface area contributed by atoms with Crippen LogP contribution in [0.5, 0.6) is 0 Å². The molecule has 0 aromatic carbocycles. The Hall–Kier alpha value is -3.15. The second kappa shape index (κ2) is 62.4. The Balaban J connectivity index is 4.36. The topological polar surface area (TPSA) is 78.9 Å². The zero-order valence-electron chi connectivity index (χ0n) is 49.1. The minimum absolute atomic E-state index is 0.0839. The molecule has 0 saturated carbocycles. The summed E-state index contributed by atoms with van der Waals surface area (Å²) in [5.41, 5.74) is 0. The van der Waals surface area contributed by atoms with E-state index in [1.807, 2.05) is 0 Å². The molecule has 0 aliphatic carbocycles. The molecule has 0 N–H and O–H groups in total. The summed E-state index contributed by atoms with van der Waals surface area (Å²) in [5.74, 6) is -0.899. The molecule has 0 radical (unpaired) electrons. The van der Waals surface area contributed by atoms with Gasteiger partial charge < -0.3 is 14.2 Å². The van der Waals surface area contributed by atoms with E-state index in [1.54, 1.807) is 0 Å². The molecule has 6 nitrogen and oxygen atoms in total. The summed E-state index contributed by atoms with van der Waals surface area (Å²) < 4.78 is 16.9. The molecule has 428 valence electrons. The zero-order chi connectivity index (χ0) is 53.6. The standard InChI is InChI=1S/C68H120O6/c1-4-7-10-13-16-19-22-25-28-30-32-33-34-36-37-40-43-46-49-52-55-58-61-67(70)73-64-65(63-72-66(69)60-57-54-51-48-45-42-39-27-24-21-18-15-12-9-6-3)74-68(71)62-59-56-53-50-47-44-41-38-35-31-29-26-23-20-17-14-11-8-5-2/h9,12,17-18,20-21,26-27,29,35,38-39,65H,4-8,10-11,13-16,19,22-25,28,30-34,36-37,40-64H2,1-3H3/b12-9-,20-17-,21-18-,29-26-,38-35-,39-27-. The second-order valence-corrected chi connectivity index (χ2v) is 21.3. The van der Waals surface area contributed by atoms with Gasteiger partial charge in [-0.25, -0.2) is 0 Å². The fraction of sp³-hybridized carbons (Fsp3) is 0.779. The van der Waals surface area contributed by atoms with E-state index in [0.717, 1.165) is 122 Å². The van der Waals surface area contributed by atoms with Crippen LogP contribution in [0.1, 0.15) is 323 Å². The van der Waals surface area contributed by atoms with Crippen molar-refractivity contribution in [1.82, 2.24) is 0 Å². The van der Waals surface area contributed by atoms with Crippen molar-refractivity contribution in [1.29, 1.82) is 0 Å². The predicted molar refractivity (Wildman–Crippen MR) is 321 cm³/mol. The highest BCUT2D eigenvalue weighted by Gasteiger charge is 2.19. The molecule has 0 aromatic rings. The van der Waals surface area contributed by atoms with Gasteiger partial charge in [-0.3, -0.25) is 14.4 Å². The SMILES string of the molecule is CC/C=C\C/C=C\C/C=C\CCCCCCCC(=O)OCC(COC(=O)CCCCCCCCCCCCCCCCCCCCCCCC)OC(=O)CCCCCCCC/C=C\C/C=C\C/C=C\CCCCC. The minimum Gasteiger partial charge on any atom is -0.462 e. The summed E-state index contributed by atoms with van der Waals surface area (Å²) >= 11 is 0. The van der Waals surface area contributed by atoms with Crippen LogP contribution in [0, 0.1) is 0 Å². The maximum Gasteiger partial charge on any atom is 0.306 e. The van der Waals surface area contributed by atoms with Gasteiger partial charge >= 0.3 is 17.9 Å². The van der Waals surface area contributed by atoms with E-state index in [0.29, 0.717) is 19.3 Å². The van der Waals surface area contributed by atoms with E-state index >= 15 is 0 Å². The number of hydrogen-bond acceptors (Lipinski definition) is 6. The van der Waals surface area contributed by atoms with Crippen molar-refractivity contribution in [3.8, 4) is 0 Å². The van der Waals surface area contributed by atoms with E-state index in [2.05, 4.69) is 93.7 Å². The number of carbonyl (C=O) groups excluding carboxylic acids is 3. The monoisotopic (exact) mass is 1030 g/mol. The number of hydrogen-bond donors (Lipinski definition) is 0. The lowest BCUT2D eigenvalue weighted by molar-refractivity contribution is -0.167. The van der Waals surface area contributed by atoms with Crippen molar-refractivity contribution in [3.63, 3.8) is 0 Å². The molecule has 0 saturated heterocycles. The summed E-state index contributed by atoms with van der Waals surface area (Å²) in [6, 6.07) is 0. The Morgan fingerprint density at radius 2 is 0.527 bits per heavy atom. The van der Waals surface area contributed by atoms with Gasteiger partial charge in [-0.1, -0.05) is 286 Å². The van der Waals surface area contributed by atoms with Gasteiger partial charge in [0, 0.05) is 19.3 Å². The van der Waals surface area contributed by atoms with Crippen LogP contribution in [0.2, 0.25) is 0 Å². The number of allylic oxidation sites excluding steroid dienone is 12. The van der Waals surface area contributed by atoms with Crippen LogP contribution >= 0.6 is 0 Å². The van der Waals surface area contributed by atoms with E-state index < -0.39 is 6.10 Å². The third-order valence-electron chi connectivity index (χ3n) is 13.9. The van der Waals surface area contributed by atoms with Gasteiger partial charge in [0.15, 0.2) is 6.10 Å². The quantitative estimate of drug-likeness (QED) is 0.0261. The highest BCUT2D eigenvalue weighted by atomic mass is 16.6. The first-order chi connectivity index (χ1) is 36.5. The number of unbranched alkanes of at least 4 members (excludes halogenated alkanes) is 35. The van der Waals surface area contributed by atoms with E-state index in [1.165, 1.54) is 161 Å². The van der Waals surface area contributed by atoms with Gasteiger partial charge in [0.05, 0.1) is 0 Å². The average Bonchev–Trinajstić information content (AvgIpc) is 3.40. The molecule has 0 aromatic heterocycles. The van der Waals surface area contributed by atoms with Gasteiger partial charge in [0.1, 0.15) is 13.2 Å². The van der Waals surface area contributed by atoms with Crippen LogP contribution in [0.15, 0.2) is 72.9 Å². The Morgan fingerprint density at radius 3 is 0.851 bits per heavy atom. The fourth-order valence-corrected chi connectivity index (χ4v) is 9.17. The number of rotatable bonds is 58. The Labute approximate surface area is 459 Å². The number of carbonyl (C=O) groups is 3. The first-order valence-electron chi connectivity index (χ1n) is 31.9. The second-order valence-electron chi connectivity index (χ2n) is 21.3. The lowest BCUT2D eigenvalue weighted by atomic mass is 10.0. The third-order valence-corrected chi connectivity index (χ3v) is 13.9. The lowest BCUT2D eigenvalue weighted by Crippen LogP contribution is -2.30. The van der Waals surface area contributed by atoms with Gasteiger partial charge in [-0.2, -0.15) is 0 Å². The largest absolute Gasteiger partial charge is 0.462 e. The predicted octanol–water partition coefficient (Wildman–Crippen LogP) is 21.7. The molecule has 0 amide bonds. The van der Waals surface area contributed by atoms with Crippen molar-refractivity contribution >= 4 is 17.9 Å². The molecule has 1 atom stereocenters. The smallest absolute Gasteiger partial charge is 0.306 e. The van der Waals surface area contributed by atoms with Crippen LogP contribution in [0.3, 0.4) is 0 Å². The molecule has 0 heterocycles. The maximum absolute atomic E-state index is 12.9. The molecular weight excluding hydrogens is 913 g/mol. The van der Waals surface area contributed by atoms with E-state index in [-0.39, 0.29) is 31.1 Å². The normalized spacial score (nSPS) is 12.5. The molecule has 0 bridgehead atoms. The summed E-state index contributed by atoms with van der Waals surface area (Å²) in [6.07, 6.45) is 80.5. The molecule has 0 aliphatic rings. The van der Waals surface area contributed by atoms with E-state index in [9.17, 15) is 14.4 Å². The van der Waals surface area contributed by atoms with Crippen molar-refractivity contribution < 1.29 is 28.6 Å². The first kappa shape index (κ1) is 70.8.